The van der Waals surface area contributed by atoms with Crippen LogP contribution in [0.15, 0.2) is 75.6 Å². The molecule has 0 aliphatic heterocycles. The summed E-state index contributed by atoms with van der Waals surface area (Å²) in [5, 5.41) is 31.8. The Hall–Kier alpha value is -8.72. The number of unbranched alkanes of at least 4 members (excludes halogenated alkanes) is 4. The van der Waals surface area contributed by atoms with E-state index >= 15 is 0 Å². The van der Waals surface area contributed by atoms with E-state index in [-0.39, 0.29) is 121 Å². The molecule has 0 bridgehead atoms. The third-order valence-corrected chi connectivity index (χ3v) is 14.6. The van der Waals surface area contributed by atoms with E-state index in [1.165, 1.54) is 0 Å². The smallest absolute Gasteiger partial charge is 0.326 e. The van der Waals surface area contributed by atoms with Crippen LogP contribution in [0.2, 0.25) is 0 Å². The lowest BCUT2D eigenvalue weighted by Gasteiger charge is -2.28. The molecule has 0 aliphatic carbocycles. The molecule has 514 valence electrons. The Morgan fingerprint density at radius 2 is 0.565 bits per heavy atom. The fourth-order valence-electron chi connectivity index (χ4n) is 9.53. The Labute approximate surface area is 538 Å². The van der Waals surface area contributed by atoms with Crippen molar-refractivity contribution in [2.24, 2.45) is 78.0 Å². The maximum atomic E-state index is 14.8. The molecule has 2 aromatic carbocycles. The van der Waals surface area contributed by atoms with E-state index in [1.54, 1.807) is 60.7 Å². The average Bonchev–Trinajstić information content (AvgIpc) is 1.06. The molecule has 32 heteroatoms. The molecule has 0 aromatic heterocycles. The summed E-state index contributed by atoms with van der Waals surface area (Å²) >= 11 is 0. The van der Waals surface area contributed by atoms with E-state index in [0.717, 1.165) is 0 Å². The second-order valence-electron chi connectivity index (χ2n) is 22.3. The maximum absolute atomic E-state index is 14.8. The minimum absolute atomic E-state index is 0.00305. The standard InChI is InChI=1S/C60H104N22O10/c61-29-11-7-22-40(65)49(83)75-41(23-8-12-30-62)53(87)81-47(36-38-18-3-1-4-19-38)55(89)78-42(24-9-13-31-63)50(84)76-44(26-15-33-72-58(66)67)51(85)77-45(27-16-34-73-59(68)69)54(88)82-48(37-39-20-5-2-6-21-39)56(90)79-43(25-10-14-32-64)52(86)80-46(57(91)92)28-17-35-74-60(70)71/h1-6,18-21,40-48H,7-17,22-37,61-65H2,(H,75,83)(H,76,84)(H,77,85)(H,78,89)(H,79,90)(H,80,86)(H,81,87)(H,82,88)(H,91,92)(H4,66,67,72)(H4,68,69,73)(H4,70,71,74)/t40-,41-,42-,43-,44-,45-,46-,47-,48-/m0/s1. The third kappa shape index (κ3) is 33.9. The summed E-state index contributed by atoms with van der Waals surface area (Å²) in [5.41, 5.74) is 63.8. The second-order valence-corrected chi connectivity index (χ2v) is 22.3. The third-order valence-electron chi connectivity index (χ3n) is 14.6. The number of aliphatic imine (C=N–C) groups is 3. The number of carboxylic acid groups (broad SMARTS) is 1. The molecule has 0 spiro atoms. The van der Waals surface area contributed by atoms with Crippen molar-refractivity contribution in [3.05, 3.63) is 71.8 Å². The SMILES string of the molecule is NCCCC[C@H](NC(=O)[C@H](Cc1ccccc1)NC(=O)[C@H](CCCN=C(N)N)NC(=O)[C@H](CCCN=C(N)N)NC(=O)[C@H](CCCCN)NC(=O)[C@H](Cc1ccccc1)NC(=O)[C@H](CCCCN)NC(=O)[C@@H](N)CCCCN)C(=O)N[C@@H](CCCN=C(N)N)C(=O)O. The van der Waals surface area contributed by atoms with Crippen LogP contribution in [-0.2, 0) is 56.0 Å². The van der Waals surface area contributed by atoms with Gasteiger partial charge in [-0.05, 0) is 146 Å². The van der Waals surface area contributed by atoms with Crippen LogP contribution in [0.3, 0.4) is 0 Å². The monoisotopic (exact) mass is 1290 g/mol. The van der Waals surface area contributed by atoms with Gasteiger partial charge in [-0.15, -0.1) is 0 Å². The highest BCUT2D eigenvalue weighted by atomic mass is 16.4. The molecular weight excluding hydrogens is 1190 g/mol. The van der Waals surface area contributed by atoms with Gasteiger partial charge in [-0.3, -0.25) is 53.3 Å². The van der Waals surface area contributed by atoms with Gasteiger partial charge in [0.1, 0.15) is 48.3 Å². The van der Waals surface area contributed by atoms with E-state index in [0.29, 0.717) is 82.0 Å². The summed E-state index contributed by atoms with van der Waals surface area (Å²) < 4.78 is 0. The van der Waals surface area contributed by atoms with Crippen LogP contribution >= 0.6 is 0 Å². The quantitative estimate of drug-likeness (QED) is 0.0168. The number of benzene rings is 2. The van der Waals surface area contributed by atoms with Crippen LogP contribution in [0.25, 0.3) is 0 Å². The van der Waals surface area contributed by atoms with Crippen molar-refractivity contribution in [2.45, 2.75) is 183 Å². The normalized spacial score (nSPS) is 13.9. The molecule has 0 aliphatic rings. The van der Waals surface area contributed by atoms with Gasteiger partial charge in [0.2, 0.25) is 47.3 Å². The molecule has 0 saturated heterocycles. The van der Waals surface area contributed by atoms with Gasteiger partial charge in [-0.25, -0.2) is 4.79 Å². The zero-order chi connectivity index (χ0) is 68.2. The van der Waals surface area contributed by atoms with Crippen LogP contribution in [0.4, 0.5) is 0 Å². The van der Waals surface area contributed by atoms with E-state index < -0.39 is 108 Å². The first-order valence-electron chi connectivity index (χ1n) is 31.5. The van der Waals surface area contributed by atoms with Gasteiger partial charge in [0.25, 0.3) is 0 Å². The molecule has 0 unspecified atom stereocenters. The first kappa shape index (κ1) is 79.4. The van der Waals surface area contributed by atoms with E-state index in [2.05, 4.69) is 57.5 Å². The molecule has 32 nitrogen and oxygen atoms in total. The van der Waals surface area contributed by atoms with Gasteiger partial charge in [0, 0.05) is 32.5 Å². The number of nitrogens with zero attached hydrogens (tertiary/aromatic N) is 3. The average molecular weight is 1290 g/mol. The molecule has 0 heterocycles. The van der Waals surface area contributed by atoms with E-state index in [4.69, 9.17) is 63.1 Å². The molecule has 31 N–H and O–H groups in total. The Kier molecular flexibility index (Phi) is 40.0. The topological polar surface area (TPSA) is 593 Å². The number of guanidine groups is 3. The summed E-state index contributed by atoms with van der Waals surface area (Å²) in [5.74, 6) is -8.25. The van der Waals surface area contributed by atoms with Gasteiger partial charge >= 0.3 is 5.97 Å². The predicted octanol–water partition coefficient (Wildman–Crippen LogP) is -4.56. The maximum Gasteiger partial charge on any atom is 0.326 e. The van der Waals surface area contributed by atoms with Crippen molar-refractivity contribution in [3.8, 4) is 0 Å². The number of carboxylic acids is 1. The van der Waals surface area contributed by atoms with Gasteiger partial charge < -0.3 is 111 Å². The lowest BCUT2D eigenvalue weighted by molar-refractivity contribution is -0.142. The summed E-state index contributed by atoms with van der Waals surface area (Å²) in [6.07, 6.45) is 4.27. The van der Waals surface area contributed by atoms with E-state index in [9.17, 15) is 48.3 Å². The number of aliphatic carboxylic acids is 1. The molecule has 8 amide bonds. The van der Waals surface area contributed by atoms with Crippen molar-refractivity contribution in [1.29, 1.82) is 0 Å². The number of carbonyl (C=O) groups excluding carboxylic acids is 8. The zero-order valence-corrected chi connectivity index (χ0v) is 52.9. The highest BCUT2D eigenvalue weighted by Gasteiger charge is 2.35. The Bertz CT molecular complexity index is 2640. The fraction of sp³-hybridized carbons (Fsp3) is 0.600. The minimum atomic E-state index is -1.45. The lowest BCUT2D eigenvalue weighted by Crippen LogP contribution is -2.60. The number of hydrogen-bond donors (Lipinski definition) is 20. The highest BCUT2D eigenvalue weighted by molar-refractivity contribution is 5.98. The number of rotatable bonds is 49. The van der Waals surface area contributed by atoms with Gasteiger partial charge in [-0.1, -0.05) is 67.1 Å². The molecule has 0 radical (unpaired) electrons. The van der Waals surface area contributed by atoms with E-state index in [1.807, 2.05) is 0 Å². The van der Waals surface area contributed by atoms with Crippen molar-refractivity contribution >= 4 is 71.1 Å². The molecule has 0 fully saturated rings. The highest BCUT2D eigenvalue weighted by Crippen LogP contribution is 2.14. The molecular formula is C60H104N22O10. The van der Waals surface area contributed by atoms with Crippen molar-refractivity contribution in [2.75, 3.05) is 45.8 Å². The van der Waals surface area contributed by atoms with Crippen LogP contribution in [0, 0.1) is 0 Å². The van der Waals surface area contributed by atoms with Crippen LogP contribution in [0.1, 0.15) is 127 Å². The Balaban J connectivity index is 2.65. The summed E-state index contributed by atoms with van der Waals surface area (Å²) in [4.78, 5) is 139. The number of nitrogens with two attached hydrogens (primary N) is 11. The summed E-state index contributed by atoms with van der Waals surface area (Å²) in [6, 6.07) is 5.70. The summed E-state index contributed by atoms with van der Waals surface area (Å²) in [7, 11) is 0. The van der Waals surface area contributed by atoms with Gasteiger partial charge in [-0.2, -0.15) is 0 Å². The molecule has 2 rings (SSSR count). The van der Waals surface area contributed by atoms with Crippen LogP contribution in [0.5, 0.6) is 0 Å². The molecule has 9 atom stereocenters. The Morgan fingerprint density at radius 3 is 0.848 bits per heavy atom. The van der Waals surface area contributed by atoms with Crippen molar-refractivity contribution in [3.63, 3.8) is 0 Å². The largest absolute Gasteiger partial charge is 0.480 e. The van der Waals surface area contributed by atoms with Gasteiger partial charge in [0.15, 0.2) is 17.9 Å². The number of nitrogens with one attached hydrogen (secondary N) is 8. The Morgan fingerprint density at radius 1 is 0.326 bits per heavy atom. The van der Waals surface area contributed by atoms with Crippen LogP contribution in [-0.4, -0.2) is 176 Å². The number of carbonyl (C=O) groups is 9. The van der Waals surface area contributed by atoms with Crippen LogP contribution < -0.4 is 106 Å². The lowest BCUT2D eigenvalue weighted by atomic mass is 10.0. The fourth-order valence-corrected chi connectivity index (χ4v) is 9.53. The minimum Gasteiger partial charge on any atom is -0.480 e. The number of amides is 8. The molecule has 2 aromatic rings. The molecule has 92 heavy (non-hydrogen) atoms. The van der Waals surface area contributed by atoms with Gasteiger partial charge in [0.05, 0.1) is 6.04 Å². The van der Waals surface area contributed by atoms with Crippen molar-refractivity contribution in [1.82, 2.24) is 42.5 Å². The van der Waals surface area contributed by atoms with Crippen molar-refractivity contribution < 1.29 is 48.3 Å². The first-order valence-corrected chi connectivity index (χ1v) is 31.5. The first-order chi connectivity index (χ1) is 44.0. The molecule has 0 saturated carbocycles. The predicted molar refractivity (Wildman–Crippen MR) is 353 cm³/mol. The zero-order valence-electron chi connectivity index (χ0n) is 52.9. The summed E-state index contributed by atoms with van der Waals surface area (Å²) in [6.45, 7) is 1.34. The second kappa shape index (κ2) is 46.4. The number of hydrogen-bond acceptors (Lipinski definition) is 17.